The van der Waals surface area contributed by atoms with E-state index >= 15 is 0 Å². The van der Waals surface area contributed by atoms with Crippen LogP contribution in [0, 0.1) is 12.8 Å². The molecule has 2 aromatic rings. The van der Waals surface area contributed by atoms with Crippen molar-refractivity contribution in [2.45, 2.75) is 25.8 Å². The zero-order valence-corrected chi connectivity index (χ0v) is 11.6. The highest BCUT2D eigenvalue weighted by molar-refractivity contribution is 5.82. The number of rotatable bonds is 4. The van der Waals surface area contributed by atoms with E-state index < -0.39 is 0 Å². The van der Waals surface area contributed by atoms with Gasteiger partial charge in [0.15, 0.2) is 0 Å². The number of benzene rings is 1. The van der Waals surface area contributed by atoms with Crippen LogP contribution in [0.15, 0.2) is 34.7 Å². The minimum atomic E-state index is 0.0893. The third kappa shape index (κ3) is 2.57. The van der Waals surface area contributed by atoms with Crippen molar-refractivity contribution in [3.05, 3.63) is 47.7 Å². The van der Waals surface area contributed by atoms with E-state index in [0.29, 0.717) is 24.2 Å². The van der Waals surface area contributed by atoms with Gasteiger partial charge >= 0.3 is 0 Å². The summed E-state index contributed by atoms with van der Waals surface area (Å²) in [5.41, 5.74) is 1.24. The second-order valence-electron chi connectivity index (χ2n) is 5.27. The van der Waals surface area contributed by atoms with Crippen LogP contribution >= 0.6 is 0 Å². The van der Waals surface area contributed by atoms with E-state index in [9.17, 15) is 4.79 Å². The van der Waals surface area contributed by atoms with Gasteiger partial charge in [-0.3, -0.25) is 4.79 Å². The van der Waals surface area contributed by atoms with Gasteiger partial charge < -0.3 is 9.32 Å². The van der Waals surface area contributed by atoms with E-state index in [0.717, 1.165) is 6.42 Å². The number of carbonyl (C=O) groups excluding carboxylic acids is 1. The van der Waals surface area contributed by atoms with E-state index in [-0.39, 0.29) is 11.8 Å². The molecule has 104 valence electrons. The number of hydrogen-bond acceptors (Lipinski definition) is 4. The van der Waals surface area contributed by atoms with Crippen molar-refractivity contribution >= 4 is 5.91 Å². The molecule has 3 rings (SSSR count). The van der Waals surface area contributed by atoms with Crippen molar-refractivity contribution < 1.29 is 9.21 Å². The van der Waals surface area contributed by atoms with Crippen LogP contribution < -0.4 is 0 Å². The molecular weight excluding hydrogens is 254 g/mol. The minimum absolute atomic E-state index is 0.0893. The predicted octanol–water partition coefficient (Wildman–Crippen LogP) is 2.14. The molecule has 0 bridgehead atoms. The predicted molar refractivity (Wildman–Crippen MR) is 72.8 cm³/mol. The molecule has 5 nitrogen and oxygen atoms in total. The number of carbonyl (C=O) groups is 1. The number of amides is 1. The molecule has 1 aliphatic rings. The van der Waals surface area contributed by atoms with E-state index in [4.69, 9.17) is 4.42 Å². The van der Waals surface area contributed by atoms with Gasteiger partial charge in [-0.05, 0) is 17.9 Å². The molecule has 1 aliphatic carbocycles. The fourth-order valence-electron chi connectivity index (χ4n) is 2.50. The maximum atomic E-state index is 12.3. The summed E-state index contributed by atoms with van der Waals surface area (Å²) >= 11 is 0. The van der Waals surface area contributed by atoms with Gasteiger partial charge in [-0.2, -0.15) is 0 Å². The normalized spacial score (nSPS) is 20.7. The lowest BCUT2D eigenvalue weighted by Crippen LogP contribution is -2.28. The van der Waals surface area contributed by atoms with Crippen molar-refractivity contribution in [1.29, 1.82) is 0 Å². The van der Waals surface area contributed by atoms with Crippen LogP contribution in [0.2, 0.25) is 0 Å². The average molecular weight is 271 g/mol. The largest absolute Gasteiger partial charge is 0.424 e. The van der Waals surface area contributed by atoms with Crippen LogP contribution in [-0.2, 0) is 11.3 Å². The number of aryl methyl sites for hydroxylation is 1. The Labute approximate surface area is 117 Å². The first-order chi connectivity index (χ1) is 9.65. The molecule has 5 heteroatoms. The third-order valence-electron chi connectivity index (χ3n) is 3.65. The van der Waals surface area contributed by atoms with Gasteiger partial charge in [-0.15, -0.1) is 10.2 Å². The molecule has 0 aliphatic heterocycles. The van der Waals surface area contributed by atoms with Crippen LogP contribution in [0.25, 0.3) is 0 Å². The summed E-state index contributed by atoms with van der Waals surface area (Å²) < 4.78 is 5.30. The highest BCUT2D eigenvalue weighted by Gasteiger charge is 2.45. The Kier molecular flexibility index (Phi) is 3.26. The van der Waals surface area contributed by atoms with Gasteiger partial charge in [0.1, 0.15) is 0 Å². The number of nitrogens with zero attached hydrogens (tertiary/aromatic N) is 3. The van der Waals surface area contributed by atoms with Crippen LogP contribution in [0.3, 0.4) is 0 Å². The lowest BCUT2D eigenvalue weighted by Gasteiger charge is -2.14. The topological polar surface area (TPSA) is 59.2 Å². The Hall–Kier alpha value is -2.17. The summed E-state index contributed by atoms with van der Waals surface area (Å²) in [4.78, 5) is 14.0. The Balaban J connectivity index is 1.60. The molecule has 1 fully saturated rings. The second-order valence-corrected chi connectivity index (χ2v) is 5.27. The maximum absolute atomic E-state index is 12.3. The van der Waals surface area contributed by atoms with Gasteiger partial charge in [0.25, 0.3) is 0 Å². The monoisotopic (exact) mass is 271 g/mol. The number of aromatic nitrogens is 2. The summed E-state index contributed by atoms with van der Waals surface area (Å²) in [5, 5.41) is 7.68. The molecule has 1 aromatic carbocycles. The Bertz CT molecular complexity index is 609. The third-order valence-corrected chi connectivity index (χ3v) is 3.65. The first-order valence-corrected chi connectivity index (χ1v) is 6.74. The lowest BCUT2D eigenvalue weighted by molar-refractivity contribution is -0.132. The van der Waals surface area contributed by atoms with Gasteiger partial charge in [-0.25, -0.2) is 0 Å². The summed E-state index contributed by atoms with van der Waals surface area (Å²) in [6.07, 6.45) is 0.927. The standard InChI is InChI=1S/C15H17N3O2/c1-10-16-17-14(20-10)9-18(2)15(19)13-8-12(13)11-6-4-3-5-7-11/h3-7,12-13H,8-9H2,1-2H3/t12-,13+/m0/s1. The zero-order valence-electron chi connectivity index (χ0n) is 11.6. The molecule has 0 unspecified atom stereocenters. The number of hydrogen-bond donors (Lipinski definition) is 0. The summed E-state index contributed by atoms with van der Waals surface area (Å²) in [5.74, 6) is 1.60. The van der Waals surface area contributed by atoms with Crippen LogP contribution in [0.4, 0.5) is 0 Å². The highest BCUT2D eigenvalue weighted by Crippen LogP contribution is 2.48. The maximum Gasteiger partial charge on any atom is 0.235 e. The van der Waals surface area contributed by atoms with Crippen LogP contribution in [-0.4, -0.2) is 28.1 Å². The van der Waals surface area contributed by atoms with Gasteiger partial charge in [0.05, 0.1) is 6.54 Å². The van der Waals surface area contributed by atoms with Crippen molar-refractivity contribution in [3.63, 3.8) is 0 Å². The Morgan fingerprint density at radius 2 is 2.10 bits per heavy atom. The van der Waals surface area contributed by atoms with Crippen LogP contribution in [0.5, 0.6) is 0 Å². The van der Waals surface area contributed by atoms with Gasteiger partial charge in [0, 0.05) is 19.9 Å². The first kappa shape index (κ1) is 12.8. The second kappa shape index (κ2) is 5.07. The molecule has 0 N–H and O–H groups in total. The summed E-state index contributed by atoms with van der Waals surface area (Å²) in [6, 6.07) is 10.2. The SMILES string of the molecule is Cc1nnc(CN(C)C(=O)[C@@H]2C[C@H]2c2ccccc2)o1. The molecule has 2 atom stereocenters. The Morgan fingerprint density at radius 1 is 1.35 bits per heavy atom. The Morgan fingerprint density at radius 3 is 2.75 bits per heavy atom. The fourth-order valence-corrected chi connectivity index (χ4v) is 2.50. The average Bonchev–Trinajstić information content (AvgIpc) is 3.16. The minimum Gasteiger partial charge on any atom is -0.424 e. The van der Waals surface area contributed by atoms with E-state index in [1.165, 1.54) is 5.56 Å². The van der Waals surface area contributed by atoms with E-state index in [1.54, 1.807) is 18.9 Å². The summed E-state index contributed by atoms with van der Waals surface area (Å²) in [7, 11) is 1.78. The van der Waals surface area contributed by atoms with Gasteiger partial charge in [0.2, 0.25) is 17.7 Å². The molecule has 1 saturated carbocycles. The van der Waals surface area contributed by atoms with Crippen LogP contribution in [0.1, 0.15) is 29.7 Å². The highest BCUT2D eigenvalue weighted by atomic mass is 16.4. The molecule has 1 heterocycles. The molecule has 20 heavy (non-hydrogen) atoms. The van der Waals surface area contributed by atoms with Crippen molar-refractivity contribution in [2.24, 2.45) is 5.92 Å². The molecule has 0 spiro atoms. The van der Waals surface area contributed by atoms with Crippen molar-refractivity contribution in [2.75, 3.05) is 7.05 Å². The van der Waals surface area contributed by atoms with E-state index in [1.807, 2.05) is 18.2 Å². The molecular formula is C15H17N3O2. The van der Waals surface area contributed by atoms with Gasteiger partial charge in [-0.1, -0.05) is 30.3 Å². The molecule has 0 radical (unpaired) electrons. The quantitative estimate of drug-likeness (QED) is 0.854. The fraction of sp³-hybridized carbons (Fsp3) is 0.400. The first-order valence-electron chi connectivity index (χ1n) is 6.74. The van der Waals surface area contributed by atoms with Crippen molar-refractivity contribution in [1.82, 2.24) is 15.1 Å². The smallest absolute Gasteiger partial charge is 0.235 e. The van der Waals surface area contributed by atoms with E-state index in [2.05, 4.69) is 22.3 Å². The molecule has 1 aromatic heterocycles. The molecule has 1 amide bonds. The summed E-state index contributed by atoms with van der Waals surface area (Å²) in [6.45, 7) is 2.11. The lowest BCUT2D eigenvalue weighted by atomic mass is 10.1. The van der Waals surface area contributed by atoms with Crippen molar-refractivity contribution in [3.8, 4) is 0 Å². The zero-order chi connectivity index (χ0) is 14.1. The molecule has 0 saturated heterocycles.